The highest BCUT2D eigenvalue weighted by Crippen LogP contribution is 2.73. The predicted molar refractivity (Wildman–Crippen MR) is 78.3 cm³/mol. The van der Waals surface area contributed by atoms with Gasteiger partial charge in [-0.3, -0.25) is 0 Å². The maximum Gasteiger partial charge on any atom is 0.127 e. The zero-order chi connectivity index (χ0) is 13.8. The molecule has 0 spiro atoms. The Hall–Kier alpha value is -1.77. The van der Waals surface area contributed by atoms with Crippen molar-refractivity contribution in [3.05, 3.63) is 42.1 Å². The molecule has 0 radical (unpaired) electrons. The average molecular weight is 255 g/mol. The van der Waals surface area contributed by atoms with Crippen molar-refractivity contribution < 1.29 is 0 Å². The van der Waals surface area contributed by atoms with E-state index in [0.29, 0.717) is 11.7 Å². The van der Waals surface area contributed by atoms with Gasteiger partial charge in [0.25, 0.3) is 0 Å². The molecule has 2 aromatic rings. The molecule has 100 valence electrons. The fraction of sp³-hybridized carbons (Fsp3) is 0.438. The van der Waals surface area contributed by atoms with Crippen molar-refractivity contribution in [1.29, 1.82) is 0 Å². The number of nitrogens with zero attached hydrogens (tertiary/aromatic N) is 2. The molecule has 1 aromatic carbocycles. The van der Waals surface area contributed by atoms with Gasteiger partial charge in [-0.2, -0.15) is 5.10 Å². The molecular weight excluding hydrogens is 234 g/mol. The Morgan fingerprint density at radius 1 is 1.05 bits per heavy atom. The van der Waals surface area contributed by atoms with Crippen LogP contribution < -0.4 is 5.73 Å². The normalized spacial score (nSPS) is 20.4. The van der Waals surface area contributed by atoms with Crippen molar-refractivity contribution in [2.75, 3.05) is 5.73 Å². The van der Waals surface area contributed by atoms with E-state index in [0.717, 1.165) is 11.4 Å². The molecule has 1 fully saturated rings. The SMILES string of the molecule is CC1(C)C(c2cc(N)n(-c3ccccc3)n2)C1(C)C. The Morgan fingerprint density at radius 3 is 2.16 bits per heavy atom. The Bertz CT molecular complexity index is 594. The van der Waals surface area contributed by atoms with Crippen LogP contribution in [0.2, 0.25) is 0 Å². The molecule has 1 aliphatic rings. The summed E-state index contributed by atoms with van der Waals surface area (Å²) in [6.45, 7) is 9.20. The van der Waals surface area contributed by atoms with Crippen molar-refractivity contribution in [2.45, 2.75) is 33.6 Å². The summed E-state index contributed by atoms with van der Waals surface area (Å²) in [5.74, 6) is 1.19. The Balaban J connectivity index is 2.01. The van der Waals surface area contributed by atoms with Crippen LogP contribution in [-0.2, 0) is 0 Å². The van der Waals surface area contributed by atoms with Crippen LogP contribution in [0, 0.1) is 10.8 Å². The lowest BCUT2D eigenvalue weighted by Crippen LogP contribution is -2.01. The van der Waals surface area contributed by atoms with Crippen LogP contribution in [0.15, 0.2) is 36.4 Å². The van der Waals surface area contributed by atoms with E-state index >= 15 is 0 Å². The third-order valence-electron chi connectivity index (χ3n) is 5.07. The maximum absolute atomic E-state index is 6.12. The van der Waals surface area contributed by atoms with Crippen molar-refractivity contribution in [2.24, 2.45) is 10.8 Å². The lowest BCUT2D eigenvalue weighted by molar-refractivity contribution is 0.457. The second-order valence-electron chi connectivity index (χ2n) is 6.62. The van der Waals surface area contributed by atoms with Crippen LogP contribution in [-0.4, -0.2) is 9.78 Å². The van der Waals surface area contributed by atoms with Gasteiger partial charge in [-0.1, -0.05) is 45.9 Å². The quantitative estimate of drug-likeness (QED) is 0.891. The van der Waals surface area contributed by atoms with Gasteiger partial charge in [0.05, 0.1) is 11.4 Å². The van der Waals surface area contributed by atoms with Gasteiger partial charge in [-0.25, -0.2) is 4.68 Å². The highest BCUT2D eigenvalue weighted by molar-refractivity contribution is 5.45. The molecule has 1 aromatic heterocycles. The van der Waals surface area contributed by atoms with Gasteiger partial charge in [0.2, 0.25) is 0 Å². The molecular formula is C16H21N3. The minimum Gasteiger partial charge on any atom is -0.384 e. The predicted octanol–water partition coefficient (Wildman–Crippen LogP) is 3.60. The lowest BCUT2D eigenvalue weighted by Gasteiger charge is -2.03. The minimum absolute atomic E-state index is 0.287. The van der Waals surface area contributed by atoms with Gasteiger partial charge >= 0.3 is 0 Å². The number of aromatic nitrogens is 2. The summed E-state index contributed by atoms with van der Waals surface area (Å²) in [4.78, 5) is 0. The van der Waals surface area contributed by atoms with Crippen molar-refractivity contribution in [3.8, 4) is 5.69 Å². The topological polar surface area (TPSA) is 43.8 Å². The first-order valence-corrected chi connectivity index (χ1v) is 6.76. The average Bonchev–Trinajstić information content (AvgIpc) is 2.63. The smallest absolute Gasteiger partial charge is 0.127 e. The molecule has 1 saturated carbocycles. The summed E-state index contributed by atoms with van der Waals surface area (Å²) in [7, 11) is 0. The zero-order valence-electron chi connectivity index (χ0n) is 12.0. The van der Waals surface area contributed by atoms with E-state index in [-0.39, 0.29) is 10.8 Å². The first-order valence-electron chi connectivity index (χ1n) is 6.76. The molecule has 0 bridgehead atoms. The van der Waals surface area contributed by atoms with Gasteiger partial charge in [-0.15, -0.1) is 0 Å². The number of benzene rings is 1. The number of nitrogens with two attached hydrogens (primary N) is 1. The summed E-state index contributed by atoms with van der Waals surface area (Å²) in [5, 5.41) is 4.72. The Kier molecular flexibility index (Phi) is 2.34. The van der Waals surface area contributed by atoms with Crippen LogP contribution in [0.3, 0.4) is 0 Å². The van der Waals surface area contributed by atoms with Crippen LogP contribution >= 0.6 is 0 Å². The Morgan fingerprint density at radius 2 is 1.63 bits per heavy atom. The largest absolute Gasteiger partial charge is 0.384 e. The van der Waals surface area contributed by atoms with Gasteiger partial charge in [0.15, 0.2) is 0 Å². The van der Waals surface area contributed by atoms with Crippen molar-refractivity contribution in [3.63, 3.8) is 0 Å². The third kappa shape index (κ3) is 1.61. The standard InChI is InChI=1S/C16H21N3/c1-15(2)14(16(15,3)4)12-10-13(17)19(18-12)11-8-6-5-7-9-11/h5-10,14H,17H2,1-4H3. The van der Waals surface area contributed by atoms with E-state index in [1.807, 2.05) is 41.1 Å². The second-order valence-corrected chi connectivity index (χ2v) is 6.62. The van der Waals surface area contributed by atoms with Gasteiger partial charge in [0.1, 0.15) is 5.82 Å². The van der Waals surface area contributed by atoms with Gasteiger partial charge < -0.3 is 5.73 Å². The van der Waals surface area contributed by atoms with Crippen LogP contribution in [0.4, 0.5) is 5.82 Å². The van der Waals surface area contributed by atoms with E-state index < -0.39 is 0 Å². The van der Waals surface area contributed by atoms with Crippen molar-refractivity contribution >= 4 is 5.82 Å². The summed E-state index contributed by atoms with van der Waals surface area (Å²) in [6, 6.07) is 12.1. The molecule has 0 atom stereocenters. The van der Waals surface area contributed by atoms with Crippen LogP contribution in [0.1, 0.15) is 39.3 Å². The molecule has 0 saturated heterocycles. The van der Waals surface area contributed by atoms with Gasteiger partial charge in [0, 0.05) is 12.0 Å². The molecule has 3 rings (SSSR count). The number of anilines is 1. The molecule has 19 heavy (non-hydrogen) atoms. The number of nitrogen functional groups attached to an aromatic ring is 1. The van der Waals surface area contributed by atoms with E-state index in [2.05, 4.69) is 27.7 Å². The first-order chi connectivity index (χ1) is 8.85. The molecule has 0 aliphatic heterocycles. The molecule has 3 heteroatoms. The van der Waals surface area contributed by atoms with E-state index in [1.54, 1.807) is 0 Å². The number of rotatable bonds is 2. The maximum atomic E-state index is 6.12. The number of para-hydroxylation sites is 1. The minimum atomic E-state index is 0.287. The second kappa shape index (κ2) is 3.62. The van der Waals surface area contributed by atoms with Crippen molar-refractivity contribution in [1.82, 2.24) is 9.78 Å². The summed E-state index contributed by atoms with van der Waals surface area (Å²) >= 11 is 0. The summed E-state index contributed by atoms with van der Waals surface area (Å²) in [6.07, 6.45) is 0. The van der Waals surface area contributed by atoms with Crippen LogP contribution in [0.5, 0.6) is 0 Å². The number of hydrogen-bond donors (Lipinski definition) is 1. The molecule has 1 aliphatic carbocycles. The molecule has 0 amide bonds. The van der Waals surface area contributed by atoms with Crippen LogP contribution in [0.25, 0.3) is 5.69 Å². The molecule has 2 N–H and O–H groups in total. The highest BCUT2D eigenvalue weighted by atomic mass is 15.3. The first kappa shape index (κ1) is 12.3. The van der Waals surface area contributed by atoms with E-state index in [9.17, 15) is 0 Å². The lowest BCUT2D eigenvalue weighted by atomic mass is 10.0. The molecule has 3 nitrogen and oxygen atoms in total. The number of hydrogen-bond acceptors (Lipinski definition) is 2. The molecule has 0 unspecified atom stereocenters. The molecule has 1 heterocycles. The fourth-order valence-corrected chi connectivity index (χ4v) is 3.27. The van der Waals surface area contributed by atoms with E-state index in [1.165, 1.54) is 0 Å². The Labute approximate surface area is 114 Å². The van der Waals surface area contributed by atoms with E-state index in [4.69, 9.17) is 10.8 Å². The van der Waals surface area contributed by atoms with Gasteiger partial charge in [-0.05, 0) is 23.0 Å². The third-order valence-corrected chi connectivity index (χ3v) is 5.07. The summed E-state index contributed by atoms with van der Waals surface area (Å²) < 4.78 is 1.83. The highest BCUT2D eigenvalue weighted by Gasteiger charge is 2.66. The monoisotopic (exact) mass is 255 g/mol. The zero-order valence-corrected chi connectivity index (χ0v) is 12.0. The fourth-order valence-electron chi connectivity index (χ4n) is 3.27. The summed E-state index contributed by atoms with van der Waals surface area (Å²) in [5.41, 5.74) is 8.81.